The van der Waals surface area contributed by atoms with E-state index in [0.717, 1.165) is 5.56 Å². The first-order chi connectivity index (χ1) is 14.6. The van der Waals surface area contributed by atoms with Gasteiger partial charge in [-0.05, 0) is 17.7 Å². The molecule has 7 N–H and O–H groups in total. The number of anilines is 1. The van der Waals surface area contributed by atoms with E-state index >= 15 is 0 Å². The number of hydrazone groups is 1. The van der Waals surface area contributed by atoms with Gasteiger partial charge in [0.25, 0.3) is 11.8 Å². The topological polar surface area (TPSA) is 173 Å². The van der Waals surface area contributed by atoms with Gasteiger partial charge in [0.2, 0.25) is 0 Å². The fourth-order valence-corrected chi connectivity index (χ4v) is 2.48. The Labute approximate surface area is 171 Å². The van der Waals surface area contributed by atoms with Crippen molar-refractivity contribution in [1.29, 1.82) is 0 Å². The molecule has 0 spiro atoms. The third kappa shape index (κ3) is 5.11. The highest BCUT2D eigenvalue weighted by Crippen LogP contribution is 2.08. The van der Waals surface area contributed by atoms with Crippen molar-refractivity contribution in [2.45, 2.75) is 6.54 Å². The summed E-state index contributed by atoms with van der Waals surface area (Å²) in [5, 5.41) is 8.90. The number of aromatic nitrogens is 3. The molecule has 2 aromatic heterocycles. The normalized spacial score (nSPS) is 10.9. The Morgan fingerprint density at radius 1 is 1.03 bits per heavy atom. The quantitative estimate of drug-likeness (QED) is 0.167. The van der Waals surface area contributed by atoms with Crippen LogP contribution in [0, 0.1) is 0 Å². The number of amidine groups is 1. The molecule has 0 aliphatic heterocycles. The average Bonchev–Trinajstić information content (AvgIpc) is 2.80. The highest BCUT2D eigenvalue weighted by Gasteiger charge is 2.12. The fourth-order valence-electron chi connectivity index (χ4n) is 2.48. The molecule has 11 heteroatoms. The molecular formula is C19H19N9O2. The Bertz CT molecular complexity index is 1050. The number of rotatable bonds is 6. The summed E-state index contributed by atoms with van der Waals surface area (Å²) in [4.78, 5) is 36.4. The number of carbonyl (C=O) groups excluding carboxylic acids is 2. The van der Waals surface area contributed by atoms with Crippen LogP contribution in [-0.2, 0) is 6.54 Å². The van der Waals surface area contributed by atoms with Gasteiger partial charge in [-0.3, -0.25) is 14.6 Å². The molecule has 0 aliphatic rings. The van der Waals surface area contributed by atoms with Crippen molar-refractivity contribution in [3.8, 4) is 0 Å². The number of pyridine rings is 1. The lowest BCUT2D eigenvalue weighted by Gasteiger charge is -2.08. The van der Waals surface area contributed by atoms with Gasteiger partial charge >= 0.3 is 0 Å². The maximum absolute atomic E-state index is 12.4. The first-order valence-corrected chi connectivity index (χ1v) is 8.76. The van der Waals surface area contributed by atoms with Crippen LogP contribution in [0.2, 0.25) is 0 Å². The van der Waals surface area contributed by atoms with Crippen LogP contribution in [-0.4, -0.2) is 32.6 Å². The molecule has 152 valence electrons. The Balaban J connectivity index is 1.61. The fraction of sp³-hybridized carbons (Fsp3) is 0.0526. The molecule has 1 aromatic carbocycles. The Morgan fingerprint density at radius 3 is 2.50 bits per heavy atom. The van der Waals surface area contributed by atoms with Gasteiger partial charge in [0.1, 0.15) is 17.8 Å². The molecule has 11 nitrogen and oxygen atoms in total. The molecule has 0 aliphatic carbocycles. The summed E-state index contributed by atoms with van der Waals surface area (Å²) >= 11 is 0. The van der Waals surface area contributed by atoms with E-state index in [-0.39, 0.29) is 24.0 Å². The number of nitrogens with zero attached hydrogens (tertiary/aromatic N) is 4. The van der Waals surface area contributed by atoms with Gasteiger partial charge < -0.3 is 21.9 Å². The molecule has 0 saturated heterocycles. The monoisotopic (exact) mass is 405 g/mol. The zero-order valence-corrected chi connectivity index (χ0v) is 15.7. The van der Waals surface area contributed by atoms with Gasteiger partial charge in [-0.25, -0.2) is 15.8 Å². The molecule has 2 heterocycles. The van der Waals surface area contributed by atoms with Crippen LogP contribution < -0.4 is 27.7 Å². The van der Waals surface area contributed by atoms with E-state index in [9.17, 15) is 9.59 Å². The number of hydrazine groups is 1. The molecule has 0 fully saturated rings. The summed E-state index contributed by atoms with van der Waals surface area (Å²) in [6.45, 7) is 0.269. The van der Waals surface area contributed by atoms with Crippen molar-refractivity contribution < 1.29 is 9.59 Å². The molecule has 0 atom stereocenters. The minimum atomic E-state index is -0.411. The Morgan fingerprint density at radius 2 is 1.83 bits per heavy atom. The number of hydrogen-bond acceptors (Lipinski definition) is 8. The molecule has 0 unspecified atom stereocenters. The van der Waals surface area contributed by atoms with Gasteiger partial charge in [-0.2, -0.15) is 5.10 Å². The second-order valence-electron chi connectivity index (χ2n) is 5.99. The van der Waals surface area contributed by atoms with E-state index in [2.05, 4.69) is 36.1 Å². The van der Waals surface area contributed by atoms with Crippen molar-refractivity contribution in [1.82, 2.24) is 25.7 Å². The molecule has 0 bridgehead atoms. The van der Waals surface area contributed by atoms with E-state index < -0.39 is 5.91 Å². The van der Waals surface area contributed by atoms with Gasteiger partial charge in [0.05, 0.1) is 5.56 Å². The molecule has 30 heavy (non-hydrogen) atoms. The second kappa shape index (κ2) is 9.71. The van der Waals surface area contributed by atoms with Crippen molar-refractivity contribution in [3.05, 3.63) is 83.6 Å². The van der Waals surface area contributed by atoms with Crippen molar-refractivity contribution >= 4 is 23.5 Å². The average molecular weight is 405 g/mol. The first-order valence-electron chi connectivity index (χ1n) is 8.76. The molecule has 0 radical (unpaired) electrons. The SMILES string of the molecule is N/N=C(\NN)c1ccc(CNC(=O)c2cc(NC(=O)c3cccnc3)ncn2)cc1. The maximum atomic E-state index is 12.4. The summed E-state index contributed by atoms with van der Waals surface area (Å²) < 4.78 is 0. The number of hydrogen-bond donors (Lipinski definition) is 5. The molecule has 0 saturated carbocycles. The van der Waals surface area contributed by atoms with Gasteiger partial charge in [-0.15, -0.1) is 0 Å². The summed E-state index contributed by atoms with van der Waals surface area (Å²) in [7, 11) is 0. The van der Waals surface area contributed by atoms with Gasteiger partial charge in [0, 0.05) is 30.6 Å². The molecule has 2 amide bonds. The van der Waals surface area contributed by atoms with Crippen LogP contribution in [0.15, 0.2) is 66.3 Å². The van der Waals surface area contributed by atoms with Crippen molar-refractivity contribution in [2.75, 3.05) is 5.32 Å². The van der Waals surface area contributed by atoms with Crippen LogP contribution in [0.5, 0.6) is 0 Å². The highest BCUT2D eigenvalue weighted by molar-refractivity contribution is 6.04. The third-order valence-corrected chi connectivity index (χ3v) is 4.01. The van der Waals surface area contributed by atoms with Gasteiger partial charge in [-0.1, -0.05) is 24.3 Å². The molecule has 3 rings (SSSR count). The summed E-state index contributed by atoms with van der Waals surface area (Å²) in [6.07, 6.45) is 4.20. The van der Waals surface area contributed by atoms with Crippen LogP contribution in [0.1, 0.15) is 32.0 Å². The summed E-state index contributed by atoms with van der Waals surface area (Å²) in [5.41, 5.74) is 4.44. The predicted octanol–water partition coefficient (Wildman–Crippen LogP) is 0.138. The standard InChI is InChI=1S/C19H19N9O2/c20-27-17(28-21)13-5-3-12(4-6-13)9-23-19(30)15-8-16(25-11-24-15)26-18(29)14-2-1-7-22-10-14/h1-8,10-11H,9,20-21H2,(H,23,30)(H,27,28)(H,24,25,26,29). The van der Waals surface area contributed by atoms with Crippen LogP contribution in [0.3, 0.4) is 0 Å². The Kier molecular flexibility index (Phi) is 6.59. The number of carbonyl (C=O) groups is 2. The smallest absolute Gasteiger partial charge is 0.270 e. The van der Waals surface area contributed by atoms with Crippen LogP contribution >= 0.6 is 0 Å². The summed E-state index contributed by atoms with van der Waals surface area (Å²) in [6, 6.07) is 11.8. The maximum Gasteiger partial charge on any atom is 0.270 e. The van der Waals surface area contributed by atoms with Crippen LogP contribution in [0.25, 0.3) is 0 Å². The van der Waals surface area contributed by atoms with Crippen molar-refractivity contribution in [3.63, 3.8) is 0 Å². The predicted molar refractivity (Wildman–Crippen MR) is 110 cm³/mol. The third-order valence-electron chi connectivity index (χ3n) is 4.01. The largest absolute Gasteiger partial charge is 0.347 e. The van der Waals surface area contributed by atoms with E-state index in [1.807, 2.05) is 0 Å². The zero-order chi connectivity index (χ0) is 21.3. The van der Waals surface area contributed by atoms with Gasteiger partial charge in [0.15, 0.2) is 5.84 Å². The number of nitrogens with two attached hydrogens (primary N) is 2. The van der Waals surface area contributed by atoms with E-state index in [1.165, 1.54) is 18.6 Å². The number of benzene rings is 1. The first kappa shape index (κ1) is 20.4. The van der Waals surface area contributed by atoms with Crippen molar-refractivity contribution in [2.24, 2.45) is 16.8 Å². The summed E-state index contributed by atoms with van der Waals surface area (Å²) in [5.74, 6) is 10.3. The highest BCUT2D eigenvalue weighted by atomic mass is 16.2. The minimum Gasteiger partial charge on any atom is -0.347 e. The lowest BCUT2D eigenvalue weighted by molar-refractivity contribution is 0.0944. The number of amides is 2. The van der Waals surface area contributed by atoms with E-state index in [0.29, 0.717) is 17.0 Å². The molecular weight excluding hydrogens is 386 g/mol. The van der Waals surface area contributed by atoms with Crippen LogP contribution in [0.4, 0.5) is 5.82 Å². The molecule has 3 aromatic rings. The lowest BCUT2D eigenvalue weighted by atomic mass is 10.1. The van der Waals surface area contributed by atoms with E-state index in [1.54, 1.807) is 42.6 Å². The lowest BCUT2D eigenvalue weighted by Crippen LogP contribution is -2.32. The minimum absolute atomic E-state index is 0.119. The second-order valence-corrected chi connectivity index (χ2v) is 5.99. The zero-order valence-electron chi connectivity index (χ0n) is 15.7. The Hall–Kier alpha value is -4.38. The number of nitrogens with one attached hydrogen (secondary N) is 3. The van der Waals surface area contributed by atoms with E-state index in [4.69, 9.17) is 11.7 Å².